The van der Waals surface area contributed by atoms with Crippen molar-refractivity contribution in [3.8, 4) is 0 Å². The first-order valence-corrected chi connectivity index (χ1v) is 5.19. The second kappa shape index (κ2) is 5.13. The highest BCUT2D eigenvalue weighted by molar-refractivity contribution is 5.30. The van der Waals surface area contributed by atoms with Gasteiger partial charge in [-0.25, -0.2) is 0 Å². The smallest absolute Gasteiger partial charge is 0.0248 e. The van der Waals surface area contributed by atoms with Crippen molar-refractivity contribution in [1.82, 2.24) is 5.43 Å². The lowest BCUT2D eigenvalue weighted by Gasteiger charge is -2.14. The summed E-state index contributed by atoms with van der Waals surface area (Å²) in [5, 5.41) is 0. The molecule has 1 aromatic carbocycles. The van der Waals surface area contributed by atoms with E-state index in [9.17, 15) is 0 Å². The van der Waals surface area contributed by atoms with E-state index >= 15 is 0 Å². The zero-order valence-corrected chi connectivity index (χ0v) is 9.30. The van der Waals surface area contributed by atoms with E-state index in [4.69, 9.17) is 5.84 Å². The molecule has 2 nitrogen and oxygen atoms in total. The Morgan fingerprint density at radius 3 is 2.50 bits per heavy atom. The molecule has 0 bridgehead atoms. The van der Waals surface area contributed by atoms with Gasteiger partial charge in [-0.2, -0.15) is 0 Å². The molecule has 0 spiro atoms. The highest BCUT2D eigenvalue weighted by Gasteiger charge is 2.05. The molecule has 78 valence electrons. The van der Waals surface area contributed by atoms with Crippen molar-refractivity contribution < 1.29 is 0 Å². The van der Waals surface area contributed by atoms with Gasteiger partial charge in [0.15, 0.2) is 0 Å². The molecular weight excluding hydrogens is 172 g/mol. The fourth-order valence-electron chi connectivity index (χ4n) is 1.54. The van der Waals surface area contributed by atoms with E-state index < -0.39 is 0 Å². The third kappa shape index (κ3) is 2.82. The number of rotatable bonds is 4. The van der Waals surface area contributed by atoms with Crippen molar-refractivity contribution in [2.24, 2.45) is 5.84 Å². The van der Waals surface area contributed by atoms with Crippen LogP contribution in [0.15, 0.2) is 18.2 Å². The average molecular weight is 192 g/mol. The first kappa shape index (κ1) is 11.2. The van der Waals surface area contributed by atoms with Crippen LogP contribution in [0.1, 0.15) is 30.0 Å². The molecule has 0 aliphatic rings. The van der Waals surface area contributed by atoms with Crippen LogP contribution in [-0.2, 0) is 6.42 Å². The first-order chi connectivity index (χ1) is 6.67. The molecule has 3 N–H and O–H groups in total. The lowest BCUT2D eigenvalue weighted by atomic mass is 10.0. The van der Waals surface area contributed by atoms with Gasteiger partial charge < -0.3 is 0 Å². The molecule has 1 unspecified atom stereocenters. The summed E-state index contributed by atoms with van der Waals surface area (Å²) in [6.45, 7) is 6.43. The maximum atomic E-state index is 5.45. The van der Waals surface area contributed by atoms with Crippen LogP contribution in [0.4, 0.5) is 0 Å². The lowest BCUT2D eigenvalue weighted by molar-refractivity contribution is 0.511. The number of hydrogen-bond acceptors (Lipinski definition) is 2. The number of aryl methyl sites for hydroxylation is 2. The maximum absolute atomic E-state index is 5.45. The number of hydrogen-bond donors (Lipinski definition) is 2. The topological polar surface area (TPSA) is 38.0 Å². The van der Waals surface area contributed by atoms with Crippen LogP contribution in [0.5, 0.6) is 0 Å². The fraction of sp³-hybridized carbons (Fsp3) is 0.500. The Hall–Kier alpha value is -0.860. The van der Waals surface area contributed by atoms with Crippen molar-refractivity contribution in [3.63, 3.8) is 0 Å². The Labute approximate surface area is 86.5 Å². The zero-order chi connectivity index (χ0) is 10.6. The lowest BCUT2D eigenvalue weighted by Crippen LogP contribution is -2.36. The minimum absolute atomic E-state index is 0.386. The normalized spacial score (nSPS) is 12.9. The van der Waals surface area contributed by atoms with E-state index in [1.165, 1.54) is 16.7 Å². The largest absolute Gasteiger partial charge is 0.271 e. The zero-order valence-electron chi connectivity index (χ0n) is 9.30. The Kier molecular flexibility index (Phi) is 4.11. The monoisotopic (exact) mass is 192 g/mol. The molecule has 1 rings (SSSR count). The highest BCUT2D eigenvalue weighted by atomic mass is 15.2. The molecular formula is C12H20N2. The van der Waals surface area contributed by atoms with Crippen molar-refractivity contribution >= 4 is 0 Å². The molecule has 14 heavy (non-hydrogen) atoms. The molecule has 0 aliphatic heterocycles. The second-order valence-corrected chi connectivity index (χ2v) is 3.89. The van der Waals surface area contributed by atoms with Crippen molar-refractivity contribution in [1.29, 1.82) is 0 Å². The van der Waals surface area contributed by atoms with Crippen LogP contribution in [0.2, 0.25) is 0 Å². The van der Waals surface area contributed by atoms with E-state index in [1.54, 1.807) is 0 Å². The van der Waals surface area contributed by atoms with Crippen LogP contribution in [0, 0.1) is 13.8 Å². The quantitative estimate of drug-likeness (QED) is 0.566. The molecule has 0 aliphatic carbocycles. The van der Waals surface area contributed by atoms with Crippen molar-refractivity contribution in [2.75, 3.05) is 0 Å². The summed E-state index contributed by atoms with van der Waals surface area (Å²) in [5.41, 5.74) is 6.90. The summed E-state index contributed by atoms with van der Waals surface area (Å²) < 4.78 is 0. The van der Waals surface area contributed by atoms with Gasteiger partial charge in [0.25, 0.3) is 0 Å². The molecule has 0 radical (unpaired) electrons. The first-order valence-electron chi connectivity index (χ1n) is 5.19. The summed E-state index contributed by atoms with van der Waals surface area (Å²) in [5.74, 6) is 5.45. The predicted octanol–water partition coefficient (Wildman–Crippen LogP) is 2.09. The number of benzene rings is 1. The van der Waals surface area contributed by atoms with Gasteiger partial charge in [-0.05, 0) is 43.4 Å². The van der Waals surface area contributed by atoms with Crippen LogP contribution < -0.4 is 11.3 Å². The van der Waals surface area contributed by atoms with Gasteiger partial charge >= 0.3 is 0 Å². The van der Waals surface area contributed by atoms with Gasteiger partial charge in [-0.3, -0.25) is 11.3 Å². The van der Waals surface area contributed by atoms with Gasteiger partial charge in [0.05, 0.1) is 0 Å². The fourth-order valence-corrected chi connectivity index (χ4v) is 1.54. The van der Waals surface area contributed by atoms with Crippen molar-refractivity contribution in [2.45, 2.75) is 39.7 Å². The Morgan fingerprint density at radius 2 is 2.00 bits per heavy atom. The molecule has 0 amide bonds. The van der Waals surface area contributed by atoms with Gasteiger partial charge in [0.1, 0.15) is 0 Å². The van der Waals surface area contributed by atoms with Crippen molar-refractivity contribution in [3.05, 3.63) is 34.9 Å². The average Bonchev–Trinajstić information content (AvgIpc) is 2.19. The summed E-state index contributed by atoms with van der Waals surface area (Å²) in [6.07, 6.45) is 2.07. The third-order valence-corrected chi connectivity index (χ3v) is 2.78. The van der Waals surface area contributed by atoms with Gasteiger partial charge in [-0.15, -0.1) is 0 Å². The second-order valence-electron chi connectivity index (χ2n) is 3.89. The molecule has 0 saturated heterocycles. The summed E-state index contributed by atoms with van der Waals surface area (Å²) >= 11 is 0. The Bertz CT molecular complexity index is 290. The molecule has 0 aromatic heterocycles. The van der Waals surface area contributed by atoms with Gasteiger partial charge in [0, 0.05) is 6.04 Å². The van der Waals surface area contributed by atoms with Crippen LogP contribution in [-0.4, -0.2) is 6.04 Å². The Morgan fingerprint density at radius 1 is 1.29 bits per heavy atom. The molecule has 0 fully saturated rings. The minimum atomic E-state index is 0.386. The predicted molar refractivity (Wildman–Crippen MR) is 61.0 cm³/mol. The molecule has 0 heterocycles. The third-order valence-electron chi connectivity index (χ3n) is 2.78. The molecule has 0 saturated carbocycles. The standard InChI is InChI=1S/C12H20N2/c1-4-12(14-13)8-11-6-5-9(2)10(3)7-11/h5-7,12,14H,4,8,13H2,1-3H3. The summed E-state index contributed by atoms with van der Waals surface area (Å²) in [4.78, 5) is 0. The summed E-state index contributed by atoms with van der Waals surface area (Å²) in [7, 11) is 0. The molecule has 1 aromatic rings. The minimum Gasteiger partial charge on any atom is -0.271 e. The highest BCUT2D eigenvalue weighted by Crippen LogP contribution is 2.12. The molecule has 2 heteroatoms. The van der Waals surface area contributed by atoms with Crippen LogP contribution >= 0.6 is 0 Å². The van der Waals surface area contributed by atoms with E-state index in [-0.39, 0.29) is 0 Å². The van der Waals surface area contributed by atoms with E-state index in [1.807, 2.05) is 0 Å². The number of nitrogens with one attached hydrogen (secondary N) is 1. The van der Waals surface area contributed by atoms with E-state index in [0.29, 0.717) is 6.04 Å². The summed E-state index contributed by atoms with van der Waals surface area (Å²) in [6, 6.07) is 6.99. The van der Waals surface area contributed by atoms with Gasteiger partial charge in [-0.1, -0.05) is 25.1 Å². The van der Waals surface area contributed by atoms with Crippen LogP contribution in [0.25, 0.3) is 0 Å². The van der Waals surface area contributed by atoms with Crippen LogP contribution in [0.3, 0.4) is 0 Å². The van der Waals surface area contributed by atoms with E-state index in [2.05, 4.69) is 44.4 Å². The number of nitrogens with two attached hydrogens (primary N) is 1. The van der Waals surface area contributed by atoms with Gasteiger partial charge in [0.2, 0.25) is 0 Å². The SMILES string of the molecule is CCC(Cc1ccc(C)c(C)c1)NN. The molecule has 1 atom stereocenters. The maximum Gasteiger partial charge on any atom is 0.0248 e. The Balaban J connectivity index is 2.72. The van der Waals surface area contributed by atoms with E-state index in [0.717, 1.165) is 12.8 Å². The number of hydrazine groups is 1.